The Kier molecular flexibility index (Phi) is 4.91. The second-order valence-electron chi connectivity index (χ2n) is 9.36. The van der Waals surface area contributed by atoms with Crippen molar-refractivity contribution < 1.29 is 14.4 Å². The van der Waals surface area contributed by atoms with Gasteiger partial charge in [0.2, 0.25) is 11.8 Å². The number of urea groups is 1. The van der Waals surface area contributed by atoms with Crippen molar-refractivity contribution in [3.63, 3.8) is 0 Å². The van der Waals surface area contributed by atoms with E-state index >= 15 is 0 Å². The largest absolute Gasteiger partial charge is 0.340 e. The smallest absolute Gasteiger partial charge is 0.321 e. The Hall–Kier alpha value is -1.63. The molecule has 2 N–H and O–H groups in total. The number of nitrogens with one attached hydrogen (secondary N) is 2. The van der Waals surface area contributed by atoms with Crippen molar-refractivity contribution in [1.82, 2.24) is 20.4 Å². The van der Waals surface area contributed by atoms with Gasteiger partial charge < -0.3 is 10.2 Å². The van der Waals surface area contributed by atoms with Crippen LogP contribution in [0.4, 0.5) is 4.79 Å². The number of carbonyl (C=O) groups excluding carboxylic acids is 3. The van der Waals surface area contributed by atoms with Crippen molar-refractivity contribution in [3.8, 4) is 0 Å². The van der Waals surface area contributed by atoms with E-state index in [-0.39, 0.29) is 29.4 Å². The van der Waals surface area contributed by atoms with Gasteiger partial charge in [-0.2, -0.15) is 0 Å². The molecule has 0 aromatic heterocycles. The first-order valence-electron chi connectivity index (χ1n) is 10.5. The van der Waals surface area contributed by atoms with Crippen molar-refractivity contribution in [2.45, 2.75) is 64.0 Å². The summed E-state index contributed by atoms with van der Waals surface area (Å²) in [5.41, 5.74) is -0.0878. The summed E-state index contributed by atoms with van der Waals surface area (Å²) >= 11 is 0. The van der Waals surface area contributed by atoms with Gasteiger partial charge in [0.1, 0.15) is 0 Å². The van der Waals surface area contributed by atoms with Crippen LogP contribution in [-0.2, 0) is 9.59 Å². The summed E-state index contributed by atoms with van der Waals surface area (Å²) in [5.74, 6) is 2.08. The Labute approximate surface area is 161 Å². The molecule has 4 amide bonds. The summed E-state index contributed by atoms with van der Waals surface area (Å²) in [5, 5.41) is 5.77. The molecule has 27 heavy (non-hydrogen) atoms. The fourth-order valence-corrected chi connectivity index (χ4v) is 6.34. The average Bonchev–Trinajstić information content (AvgIpc) is 2.59. The van der Waals surface area contributed by atoms with Crippen LogP contribution in [0.1, 0.15) is 52.4 Å². The van der Waals surface area contributed by atoms with E-state index in [0.717, 1.165) is 37.0 Å². The van der Waals surface area contributed by atoms with Gasteiger partial charge in [-0.15, -0.1) is 0 Å². The zero-order valence-electron chi connectivity index (χ0n) is 16.5. The molecule has 4 saturated carbocycles. The SMILES string of the molecule is CC(=O)N1CCN([C@H](C)C(=O)NC(=O)NC23CC4CC(CC(C4)C2)C3)CC1. The van der Waals surface area contributed by atoms with Gasteiger partial charge in [-0.25, -0.2) is 4.79 Å². The highest BCUT2D eigenvalue weighted by molar-refractivity contribution is 5.97. The van der Waals surface area contributed by atoms with Crippen molar-refractivity contribution in [2.24, 2.45) is 17.8 Å². The highest BCUT2D eigenvalue weighted by atomic mass is 16.2. The Balaban J connectivity index is 1.28. The van der Waals surface area contributed by atoms with Crippen molar-refractivity contribution in [2.75, 3.05) is 26.2 Å². The Bertz CT molecular complexity index is 591. The van der Waals surface area contributed by atoms with E-state index in [0.29, 0.717) is 26.2 Å². The highest BCUT2D eigenvalue weighted by Crippen LogP contribution is 2.55. The maximum Gasteiger partial charge on any atom is 0.321 e. The zero-order valence-corrected chi connectivity index (χ0v) is 16.5. The third-order valence-electron chi connectivity index (χ3n) is 7.34. The molecule has 0 aromatic rings. The minimum absolute atomic E-state index is 0.0710. The van der Waals surface area contributed by atoms with Gasteiger partial charge in [0.05, 0.1) is 6.04 Å². The third kappa shape index (κ3) is 3.84. The summed E-state index contributed by atoms with van der Waals surface area (Å²) < 4.78 is 0. The minimum Gasteiger partial charge on any atom is -0.340 e. The van der Waals surface area contributed by atoms with Crippen LogP contribution >= 0.6 is 0 Å². The van der Waals surface area contributed by atoms with E-state index in [1.54, 1.807) is 11.8 Å². The lowest BCUT2D eigenvalue weighted by Crippen LogP contribution is -2.63. The maximum absolute atomic E-state index is 12.6. The standard InChI is InChI=1S/C20H32N4O3/c1-13(23-3-5-24(6-4-23)14(2)25)18(26)21-19(27)22-20-10-15-7-16(11-20)9-17(8-15)12-20/h13,15-17H,3-12H2,1-2H3,(H2,21,22,26,27)/t13-,15?,16?,17?,20?/m1/s1. The Morgan fingerprint density at radius 2 is 1.44 bits per heavy atom. The fraction of sp³-hybridized carbons (Fsp3) is 0.850. The van der Waals surface area contributed by atoms with Gasteiger partial charge in [0.15, 0.2) is 0 Å². The molecule has 1 heterocycles. The molecule has 5 rings (SSSR count). The molecular weight excluding hydrogens is 344 g/mol. The maximum atomic E-state index is 12.6. The molecular formula is C20H32N4O3. The van der Waals surface area contributed by atoms with Crippen LogP contribution in [0.2, 0.25) is 0 Å². The van der Waals surface area contributed by atoms with Gasteiger partial charge in [0.25, 0.3) is 0 Å². The molecule has 0 aromatic carbocycles. The molecule has 5 fully saturated rings. The number of nitrogens with zero attached hydrogens (tertiary/aromatic N) is 2. The first-order valence-corrected chi connectivity index (χ1v) is 10.5. The lowest BCUT2D eigenvalue weighted by atomic mass is 9.53. The second kappa shape index (κ2) is 7.08. The topological polar surface area (TPSA) is 81.8 Å². The molecule has 7 heteroatoms. The molecule has 150 valence electrons. The van der Waals surface area contributed by atoms with Gasteiger partial charge in [-0.05, 0) is 63.2 Å². The average molecular weight is 377 g/mol. The molecule has 4 aliphatic carbocycles. The number of piperazine rings is 1. The molecule has 7 nitrogen and oxygen atoms in total. The summed E-state index contributed by atoms with van der Waals surface area (Å²) in [7, 11) is 0. The van der Waals surface area contributed by atoms with Crippen molar-refractivity contribution >= 4 is 17.8 Å². The lowest BCUT2D eigenvalue weighted by molar-refractivity contribution is -0.132. The van der Waals surface area contributed by atoms with Crippen LogP contribution in [0.5, 0.6) is 0 Å². The van der Waals surface area contributed by atoms with Crippen LogP contribution in [0, 0.1) is 17.8 Å². The number of hydrogen-bond donors (Lipinski definition) is 2. The second-order valence-corrected chi connectivity index (χ2v) is 9.36. The molecule has 1 saturated heterocycles. The molecule has 0 unspecified atom stereocenters. The predicted molar refractivity (Wildman–Crippen MR) is 101 cm³/mol. The minimum atomic E-state index is -0.374. The number of amides is 4. The van der Waals surface area contributed by atoms with Crippen molar-refractivity contribution in [3.05, 3.63) is 0 Å². The molecule has 5 aliphatic rings. The van der Waals surface area contributed by atoms with E-state index in [9.17, 15) is 14.4 Å². The molecule has 0 radical (unpaired) electrons. The first-order chi connectivity index (χ1) is 12.8. The van der Waals surface area contributed by atoms with Crippen LogP contribution in [0.25, 0.3) is 0 Å². The summed E-state index contributed by atoms with van der Waals surface area (Å²) in [6.07, 6.45) is 7.19. The van der Waals surface area contributed by atoms with E-state index in [2.05, 4.69) is 10.6 Å². The van der Waals surface area contributed by atoms with Gasteiger partial charge in [0, 0.05) is 38.6 Å². The Morgan fingerprint density at radius 3 is 1.93 bits per heavy atom. The van der Waals surface area contributed by atoms with E-state index in [4.69, 9.17) is 0 Å². The fourth-order valence-electron chi connectivity index (χ4n) is 6.34. The number of rotatable bonds is 3. The van der Waals surface area contributed by atoms with Crippen LogP contribution in [0.3, 0.4) is 0 Å². The van der Waals surface area contributed by atoms with E-state index in [1.807, 2.05) is 11.8 Å². The monoisotopic (exact) mass is 376 g/mol. The third-order valence-corrected chi connectivity index (χ3v) is 7.34. The number of hydrogen-bond acceptors (Lipinski definition) is 4. The van der Waals surface area contributed by atoms with Gasteiger partial charge in [-0.3, -0.25) is 19.8 Å². The quantitative estimate of drug-likeness (QED) is 0.779. The highest BCUT2D eigenvalue weighted by Gasteiger charge is 2.51. The van der Waals surface area contributed by atoms with Gasteiger partial charge in [-0.1, -0.05) is 0 Å². The Morgan fingerprint density at radius 1 is 0.926 bits per heavy atom. The van der Waals surface area contributed by atoms with Crippen LogP contribution in [-0.4, -0.2) is 65.4 Å². The van der Waals surface area contributed by atoms with E-state index < -0.39 is 0 Å². The van der Waals surface area contributed by atoms with Crippen molar-refractivity contribution in [1.29, 1.82) is 0 Å². The van der Waals surface area contributed by atoms with Crippen LogP contribution < -0.4 is 10.6 Å². The predicted octanol–water partition coefficient (Wildman–Crippen LogP) is 1.33. The zero-order chi connectivity index (χ0) is 19.2. The molecule has 1 atom stereocenters. The summed E-state index contributed by atoms with van der Waals surface area (Å²) in [6.45, 7) is 5.98. The van der Waals surface area contributed by atoms with E-state index in [1.165, 1.54) is 19.3 Å². The molecule has 1 aliphatic heterocycles. The number of imide groups is 1. The summed E-state index contributed by atoms with van der Waals surface area (Å²) in [4.78, 5) is 40.4. The lowest BCUT2D eigenvalue weighted by Gasteiger charge is -2.56. The summed E-state index contributed by atoms with van der Waals surface area (Å²) in [6, 6.07) is -0.711. The van der Waals surface area contributed by atoms with Crippen LogP contribution in [0.15, 0.2) is 0 Å². The first kappa shape index (κ1) is 18.7. The van der Waals surface area contributed by atoms with Gasteiger partial charge >= 0.3 is 6.03 Å². The molecule has 0 spiro atoms. The molecule has 4 bridgehead atoms. The number of carbonyl (C=O) groups is 3. The normalized spacial score (nSPS) is 36.4.